The molecular formula is C26H31N3O6. The molecule has 0 bridgehead atoms. The fourth-order valence-corrected chi connectivity index (χ4v) is 4.49. The second-order valence-corrected chi connectivity index (χ2v) is 8.79. The van der Waals surface area contributed by atoms with E-state index in [2.05, 4.69) is 21.8 Å². The van der Waals surface area contributed by atoms with Gasteiger partial charge in [-0.1, -0.05) is 24.3 Å². The van der Waals surface area contributed by atoms with Crippen molar-refractivity contribution in [3.63, 3.8) is 0 Å². The molecule has 1 atom stereocenters. The van der Waals surface area contributed by atoms with E-state index in [0.29, 0.717) is 12.1 Å². The lowest BCUT2D eigenvalue weighted by atomic mass is 10.00. The Morgan fingerprint density at radius 1 is 1.17 bits per heavy atom. The van der Waals surface area contributed by atoms with Gasteiger partial charge in [-0.2, -0.15) is 0 Å². The lowest BCUT2D eigenvalue weighted by Gasteiger charge is -2.26. The SMILES string of the molecule is COC(=O)CCC(C(N)=O)N1C=C2C=CC(=O)C(OCc3cccc(CN4CCOCC4)c3)=C2C1. The van der Waals surface area contributed by atoms with Crippen molar-refractivity contribution in [1.82, 2.24) is 9.80 Å². The second-order valence-electron chi connectivity index (χ2n) is 8.79. The zero-order valence-corrected chi connectivity index (χ0v) is 19.9. The molecule has 1 fully saturated rings. The van der Waals surface area contributed by atoms with Crippen LogP contribution in [0.4, 0.5) is 0 Å². The Kier molecular flexibility index (Phi) is 7.99. The van der Waals surface area contributed by atoms with Crippen LogP contribution >= 0.6 is 0 Å². The molecule has 4 rings (SSSR count). The van der Waals surface area contributed by atoms with Crippen molar-refractivity contribution in [3.05, 3.63) is 70.6 Å². The summed E-state index contributed by atoms with van der Waals surface area (Å²) >= 11 is 0. The van der Waals surface area contributed by atoms with Crippen LogP contribution in [0.1, 0.15) is 24.0 Å². The van der Waals surface area contributed by atoms with Crippen molar-refractivity contribution < 1.29 is 28.6 Å². The molecule has 9 nitrogen and oxygen atoms in total. The van der Waals surface area contributed by atoms with E-state index in [-0.39, 0.29) is 31.0 Å². The molecule has 1 aliphatic carbocycles. The summed E-state index contributed by atoms with van der Waals surface area (Å²) in [7, 11) is 1.30. The van der Waals surface area contributed by atoms with Crippen LogP contribution in [0.2, 0.25) is 0 Å². The van der Waals surface area contributed by atoms with Crippen LogP contribution in [0, 0.1) is 0 Å². The Labute approximate surface area is 204 Å². The van der Waals surface area contributed by atoms with Crippen LogP contribution in [-0.2, 0) is 41.7 Å². The average molecular weight is 482 g/mol. The zero-order valence-electron chi connectivity index (χ0n) is 19.9. The smallest absolute Gasteiger partial charge is 0.305 e. The topological polar surface area (TPSA) is 111 Å². The van der Waals surface area contributed by atoms with Gasteiger partial charge in [-0.15, -0.1) is 0 Å². The number of carbonyl (C=O) groups excluding carboxylic acids is 3. The number of ketones is 1. The number of rotatable bonds is 10. The van der Waals surface area contributed by atoms with Gasteiger partial charge < -0.3 is 24.8 Å². The minimum atomic E-state index is -0.693. The first kappa shape index (κ1) is 24.7. The van der Waals surface area contributed by atoms with Crippen molar-refractivity contribution in [3.8, 4) is 0 Å². The van der Waals surface area contributed by atoms with Gasteiger partial charge in [-0.25, -0.2) is 0 Å². The van der Waals surface area contributed by atoms with Crippen molar-refractivity contribution in [2.45, 2.75) is 32.0 Å². The molecule has 1 unspecified atom stereocenters. The summed E-state index contributed by atoms with van der Waals surface area (Å²) in [6, 6.07) is 7.46. The Morgan fingerprint density at radius 3 is 2.69 bits per heavy atom. The van der Waals surface area contributed by atoms with E-state index in [1.54, 1.807) is 17.2 Å². The monoisotopic (exact) mass is 481 g/mol. The molecule has 0 spiro atoms. The largest absolute Gasteiger partial charge is 0.484 e. The van der Waals surface area contributed by atoms with Gasteiger partial charge in [0, 0.05) is 44.4 Å². The number of esters is 1. The van der Waals surface area contributed by atoms with Crippen molar-refractivity contribution in [1.29, 1.82) is 0 Å². The average Bonchev–Trinajstić information content (AvgIpc) is 3.28. The van der Waals surface area contributed by atoms with Crippen LogP contribution < -0.4 is 5.73 Å². The molecular weight excluding hydrogens is 450 g/mol. The van der Waals surface area contributed by atoms with Gasteiger partial charge in [0.1, 0.15) is 12.6 Å². The van der Waals surface area contributed by atoms with Crippen molar-refractivity contribution in [2.24, 2.45) is 5.73 Å². The van der Waals surface area contributed by atoms with Gasteiger partial charge in [0.05, 0.1) is 20.3 Å². The van der Waals surface area contributed by atoms with Gasteiger partial charge in [0.2, 0.25) is 11.7 Å². The third kappa shape index (κ3) is 6.17. The number of amides is 1. The number of benzene rings is 1. The Hall–Kier alpha value is -3.43. The molecule has 2 aliphatic heterocycles. The highest BCUT2D eigenvalue weighted by atomic mass is 16.5. The molecule has 35 heavy (non-hydrogen) atoms. The van der Waals surface area contributed by atoms with Gasteiger partial charge >= 0.3 is 5.97 Å². The molecule has 1 saturated heterocycles. The van der Waals surface area contributed by atoms with E-state index in [9.17, 15) is 14.4 Å². The number of carbonyl (C=O) groups is 3. The van der Waals surface area contributed by atoms with Crippen LogP contribution in [0.3, 0.4) is 0 Å². The fourth-order valence-electron chi connectivity index (χ4n) is 4.49. The zero-order chi connectivity index (χ0) is 24.8. The Bertz CT molecular complexity index is 1070. The highest BCUT2D eigenvalue weighted by molar-refractivity contribution is 6.05. The van der Waals surface area contributed by atoms with Crippen molar-refractivity contribution >= 4 is 17.7 Å². The molecule has 1 aromatic rings. The van der Waals surface area contributed by atoms with E-state index in [1.807, 2.05) is 12.1 Å². The quantitative estimate of drug-likeness (QED) is 0.500. The number of fused-ring (bicyclic) bond motifs is 1. The van der Waals surface area contributed by atoms with Gasteiger partial charge in [-0.05, 0) is 35.3 Å². The highest BCUT2D eigenvalue weighted by Gasteiger charge is 2.33. The van der Waals surface area contributed by atoms with Crippen LogP contribution in [-0.4, -0.2) is 73.5 Å². The molecule has 9 heteroatoms. The molecule has 0 aromatic heterocycles. The van der Waals surface area contributed by atoms with Crippen LogP contribution in [0.5, 0.6) is 0 Å². The number of hydrogen-bond acceptors (Lipinski definition) is 8. The van der Waals surface area contributed by atoms with Gasteiger partial charge in [0.15, 0.2) is 5.76 Å². The Balaban J connectivity index is 1.44. The molecule has 2 N–H and O–H groups in total. The fraction of sp³-hybridized carbons (Fsp3) is 0.423. The predicted molar refractivity (Wildman–Crippen MR) is 128 cm³/mol. The molecule has 1 aromatic carbocycles. The maximum atomic E-state index is 12.7. The maximum absolute atomic E-state index is 12.7. The number of morpholine rings is 1. The molecule has 1 amide bonds. The molecule has 186 valence electrons. The van der Waals surface area contributed by atoms with Crippen molar-refractivity contribution in [2.75, 3.05) is 40.0 Å². The van der Waals surface area contributed by atoms with E-state index in [0.717, 1.165) is 44.0 Å². The third-order valence-electron chi connectivity index (χ3n) is 6.37. The lowest BCUT2D eigenvalue weighted by molar-refractivity contribution is -0.141. The molecule has 2 heterocycles. The number of nitrogens with two attached hydrogens (primary N) is 1. The first-order valence-electron chi connectivity index (χ1n) is 11.7. The minimum absolute atomic E-state index is 0.0712. The van der Waals surface area contributed by atoms with E-state index >= 15 is 0 Å². The summed E-state index contributed by atoms with van der Waals surface area (Å²) in [5, 5.41) is 0. The maximum Gasteiger partial charge on any atom is 0.305 e. The first-order valence-corrected chi connectivity index (χ1v) is 11.7. The summed E-state index contributed by atoms with van der Waals surface area (Å²) in [6.45, 7) is 4.72. The van der Waals surface area contributed by atoms with Gasteiger partial charge in [0.25, 0.3) is 0 Å². The minimum Gasteiger partial charge on any atom is -0.484 e. The number of nitrogens with zero attached hydrogens (tertiary/aromatic N) is 2. The van der Waals surface area contributed by atoms with E-state index in [1.165, 1.54) is 18.7 Å². The normalized spacial score (nSPS) is 18.8. The number of hydrogen-bond donors (Lipinski definition) is 1. The van der Waals surface area contributed by atoms with E-state index < -0.39 is 17.9 Å². The predicted octanol–water partition coefficient (Wildman–Crippen LogP) is 1.44. The van der Waals surface area contributed by atoms with E-state index in [4.69, 9.17) is 15.2 Å². The number of ether oxygens (including phenoxy) is 3. The lowest BCUT2D eigenvalue weighted by Crippen LogP contribution is -2.41. The van der Waals surface area contributed by atoms with Gasteiger partial charge in [-0.3, -0.25) is 19.3 Å². The summed E-state index contributed by atoms with van der Waals surface area (Å²) in [4.78, 5) is 40.4. The summed E-state index contributed by atoms with van der Waals surface area (Å²) < 4.78 is 16.1. The standard InChI is InChI=1S/C26H31N3O6/c1-33-24(31)8-6-22(26(27)32)29-15-20-5-7-23(30)25(21(20)16-29)35-17-19-4-2-3-18(13-19)14-28-9-11-34-12-10-28/h2-5,7,13,15,22H,6,8-12,14,16-17H2,1H3,(H2,27,32). The summed E-state index contributed by atoms with van der Waals surface area (Å²) in [5.41, 5.74) is 9.27. The molecule has 0 saturated carbocycles. The summed E-state index contributed by atoms with van der Waals surface area (Å²) in [5.74, 6) is -0.890. The summed E-state index contributed by atoms with van der Waals surface area (Å²) in [6.07, 6.45) is 5.27. The number of allylic oxidation sites excluding steroid dienone is 2. The molecule has 3 aliphatic rings. The number of methoxy groups -OCH3 is 1. The second kappa shape index (κ2) is 11.3. The molecule has 0 radical (unpaired) electrons. The van der Waals surface area contributed by atoms with Crippen LogP contribution in [0.25, 0.3) is 0 Å². The number of primary amides is 1. The van der Waals surface area contributed by atoms with Crippen LogP contribution in [0.15, 0.2) is 59.5 Å². The highest BCUT2D eigenvalue weighted by Crippen LogP contribution is 2.32. The third-order valence-corrected chi connectivity index (χ3v) is 6.37. The first-order chi connectivity index (χ1) is 16.9. The Morgan fingerprint density at radius 2 is 1.94 bits per heavy atom.